The standard InChI is InChI=1S/C34H27ClF4N4O5S/c35-22-11-14-28-24(15-22)27(17-43(28)31(44)30(40)32(45)48-18-20-7-3-1-4-8-20)42-33(46)41-26-13-12-23(16-25(26)36)47-19-29(49-34(37,38)39)21-9-5-2-6-10-21/h1-17,29-30H,18-19,40H2,(H2,41,42,46). The molecule has 0 spiro atoms. The molecule has 2 unspecified atom stereocenters. The molecule has 1 heterocycles. The summed E-state index contributed by atoms with van der Waals surface area (Å²) in [6.45, 7) is -0.495. The SMILES string of the molecule is NC(C(=O)OCc1ccccc1)C(=O)n1cc(NC(=O)Nc2ccc(OCC(SC(F)(F)F)c3ccccc3)cc2F)c2cc(Cl)ccc21. The van der Waals surface area contributed by atoms with Gasteiger partial charge in [0.15, 0.2) is 6.04 Å². The third-order valence-electron chi connectivity index (χ3n) is 7.03. The number of alkyl halides is 3. The van der Waals surface area contributed by atoms with Crippen LogP contribution >= 0.6 is 23.4 Å². The number of amides is 2. The summed E-state index contributed by atoms with van der Waals surface area (Å²) >= 11 is 5.92. The Balaban J connectivity index is 1.26. The number of esters is 1. The topological polar surface area (TPSA) is 125 Å². The van der Waals surface area contributed by atoms with E-state index >= 15 is 0 Å². The van der Waals surface area contributed by atoms with Crippen molar-refractivity contribution < 1.29 is 41.4 Å². The number of aromatic nitrogens is 1. The molecule has 2 amide bonds. The van der Waals surface area contributed by atoms with Gasteiger partial charge in [-0.15, -0.1) is 0 Å². The molecule has 4 aromatic carbocycles. The summed E-state index contributed by atoms with van der Waals surface area (Å²) in [6.07, 6.45) is 1.24. The molecule has 9 nitrogen and oxygen atoms in total. The fraction of sp³-hybridized carbons (Fsp3) is 0.147. The molecule has 0 aliphatic rings. The highest BCUT2D eigenvalue weighted by Gasteiger charge is 2.34. The van der Waals surface area contributed by atoms with E-state index in [4.69, 9.17) is 26.8 Å². The molecule has 5 rings (SSSR count). The van der Waals surface area contributed by atoms with E-state index in [1.54, 1.807) is 48.5 Å². The van der Waals surface area contributed by atoms with Crippen molar-refractivity contribution in [2.45, 2.75) is 23.4 Å². The van der Waals surface area contributed by atoms with Gasteiger partial charge < -0.3 is 25.8 Å². The summed E-state index contributed by atoms with van der Waals surface area (Å²) < 4.78 is 66.2. The number of ether oxygens (including phenoxy) is 2. The van der Waals surface area contributed by atoms with E-state index in [1.165, 1.54) is 48.7 Å². The fourth-order valence-electron chi connectivity index (χ4n) is 4.72. The number of nitrogens with one attached hydrogen (secondary N) is 2. The second kappa shape index (κ2) is 15.4. The molecule has 4 N–H and O–H groups in total. The number of thioether (sulfide) groups is 1. The fourth-order valence-corrected chi connectivity index (χ4v) is 5.64. The van der Waals surface area contributed by atoms with E-state index < -0.39 is 47.1 Å². The van der Waals surface area contributed by atoms with Crippen molar-refractivity contribution in [3.63, 3.8) is 0 Å². The number of halogens is 5. The molecule has 0 aliphatic carbocycles. The Morgan fingerprint density at radius 1 is 0.898 bits per heavy atom. The highest BCUT2D eigenvalue weighted by Crippen LogP contribution is 2.42. The minimum absolute atomic E-state index is 0.0537. The molecule has 0 bridgehead atoms. The number of hydrogen-bond donors (Lipinski definition) is 3. The van der Waals surface area contributed by atoms with Gasteiger partial charge in [-0.05, 0) is 53.2 Å². The van der Waals surface area contributed by atoms with Crippen LogP contribution in [0.1, 0.15) is 21.2 Å². The number of rotatable bonds is 11. The van der Waals surface area contributed by atoms with Gasteiger partial charge in [-0.3, -0.25) is 9.36 Å². The molecule has 0 aliphatic heterocycles. The van der Waals surface area contributed by atoms with Gasteiger partial charge >= 0.3 is 17.5 Å². The molecule has 1 aromatic heterocycles. The lowest BCUT2D eigenvalue weighted by Gasteiger charge is -2.19. The van der Waals surface area contributed by atoms with Crippen LogP contribution in [0.2, 0.25) is 5.02 Å². The third-order valence-corrected chi connectivity index (χ3v) is 8.23. The van der Waals surface area contributed by atoms with Gasteiger partial charge in [-0.25, -0.2) is 14.0 Å². The Labute approximate surface area is 286 Å². The quantitative estimate of drug-likeness (QED) is 0.0716. The van der Waals surface area contributed by atoms with Gasteiger partial charge in [0.25, 0.3) is 5.91 Å². The zero-order valence-corrected chi connectivity index (χ0v) is 26.8. The zero-order chi connectivity index (χ0) is 35.1. The lowest BCUT2D eigenvalue weighted by molar-refractivity contribution is -0.145. The Morgan fingerprint density at radius 3 is 2.24 bits per heavy atom. The number of benzene rings is 4. The van der Waals surface area contributed by atoms with Gasteiger partial charge in [0.05, 0.1) is 22.1 Å². The number of carbonyl (C=O) groups excluding carboxylic acids is 3. The van der Waals surface area contributed by atoms with E-state index in [0.29, 0.717) is 16.5 Å². The highest BCUT2D eigenvalue weighted by atomic mass is 35.5. The molecular formula is C34H27ClF4N4O5S. The molecule has 0 saturated carbocycles. The van der Waals surface area contributed by atoms with Crippen molar-refractivity contribution in [3.8, 4) is 5.75 Å². The van der Waals surface area contributed by atoms with Gasteiger partial charge in [-0.2, -0.15) is 13.2 Å². The molecule has 2 atom stereocenters. The normalized spacial score (nSPS) is 12.6. The van der Waals surface area contributed by atoms with Gasteiger partial charge in [0.1, 0.15) is 24.8 Å². The minimum Gasteiger partial charge on any atom is -0.492 e. The van der Waals surface area contributed by atoms with E-state index in [1.807, 2.05) is 0 Å². The van der Waals surface area contributed by atoms with Crippen molar-refractivity contribution in [1.82, 2.24) is 4.57 Å². The maximum absolute atomic E-state index is 15.0. The molecule has 0 radical (unpaired) electrons. The van der Waals surface area contributed by atoms with Gasteiger partial charge in [-0.1, -0.05) is 72.3 Å². The Hall–Kier alpha value is -5.05. The molecule has 15 heteroatoms. The first-order chi connectivity index (χ1) is 23.4. The number of nitrogens with zero attached hydrogens (tertiary/aromatic N) is 1. The van der Waals surface area contributed by atoms with Gasteiger partial charge in [0, 0.05) is 22.7 Å². The van der Waals surface area contributed by atoms with Crippen LogP contribution in [0, 0.1) is 5.82 Å². The van der Waals surface area contributed by atoms with Crippen LogP contribution in [-0.2, 0) is 16.1 Å². The van der Waals surface area contributed by atoms with Crippen LogP contribution in [0.25, 0.3) is 10.9 Å². The van der Waals surface area contributed by atoms with E-state index in [2.05, 4.69) is 10.6 Å². The van der Waals surface area contributed by atoms with Crippen molar-refractivity contribution in [2.24, 2.45) is 5.73 Å². The van der Waals surface area contributed by atoms with Crippen molar-refractivity contribution in [2.75, 3.05) is 17.2 Å². The highest BCUT2D eigenvalue weighted by molar-refractivity contribution is 8.00. The number of nitrogens with two attached hydrogens (primary N) is 1. The lowest BCUT2D eigenvalue weighted by Crippen LogP contribution is -2.42. The average Bonchev–Trinajstić information content (AvgIpc) is 3.43. The molecule has 5 aromatic rings. The first kappa shape index (κ1) is 35.3. The number of carbonyl (C=O) groups is 3. The maximum atomic E-state index is 15.0. The Kier molecular flexibility index (Phi) is 11.1. The number of anilines is 2. The monoisotopic (exact) mass is 714 g/mol. The molecule has 0 fully saturated rings. The summed E-state index contributed by atoms with van der Waals surface area (Å²) in [5.41, 5.74) is 2.58. The van der Waals surface area contributed by atoms with Crippen LogP contribution in [0.4, 0.5) is 33.7 Å². The van der Waals surface area contributed by atoms with E-state index in [9.17, 15) is 31.9 Å². The van der Waals surface area contributed by atoms with Gasteiger partial charge in [0.2, 0.25) is 0 Å². The van der Waals surface area contributed by atoms with Crippen LogP contribution in [0.15, 0.2) is 103 Å². The maximum Gasteiger partial charge on any atom is 0.442 e. The Bertz CT molecular complexity index is 1960. The summed E-state index contributed by atoms with van der Waals surface area (Å²) in [6, 6.07) is 22.0. The number of hydrogen-bond acceptors (Lipinski definition) is 7. The Morgan fingerprint density at radius 2 is 1.57 bits per heavy atom. The van der Waals surface area contributed by atoms with Crippen molar-refractivity contribution in [1.29, 1.82) is 0 Å². The number of fused-ring (bicyclic) bond motifs is 1. The largest absolute Gasteiger partial charge is 0.492 e. The summed E-state index contributed by atoms with van der Waals surface area (Å²) in [5, 5.41) is 4.35. The summed E-state index contributed by atoms with van der Waals surface area (Å²) in [7, 11) is 0. The molecular weight excluding hydrogens is 688 g/mol. The van der Waals surface area contributed by atoms with Crippen molar-refractivity contribution >= 4 is 63.5 Å². The van der Waals surface area contributed by atoms with Crippen LogP contribution in [-0.4, -0.2) is 40.6 Å². The second-order valence-corrected chi connectivity index (χ2v) is 12.2. The first-order valence-electron chi connectivity index (χ1n) is 14.5. The van der Waals surface area contributed by atoms with E-state index in [-0.39, 0.29) is 46.0 Å². The average molecular weight is 715 g/mol. The van der Waals surface area contributed by atoms with E-state index in [0.717, 1.165) is 10.6 Å². The third kappa shape index (κ3) is 9.31. The predicted octanol–water partition coefficient (Wildman–Crippen LogP) is 8.16. The van der Waals surface area contributed by atoms with Crippen LogP contribution in [0.5, 0.6) is 5.75 Å². The van der Waals surface area contributed by atoms with Crippen LogP contribution in [0.3, 0.4) is 0 Å². The predicted molar refractivity (Wildman–Crippen MR) is 179 cm³/mol. The lowest BCUT2D eigenvalue weighted by atomic mass is 10.1. The summed E-state index contributed by atoms with van der Waals surface area (Å²) in [5.74, 6) is -2.78. The van der Waals surface area contributed by atoms with Crippen LogP contribution < -0.4 is 21.1 Å². The number of urea groups is 1. The molecule has 254 valence electrons. The second-order valence-electron chi connectivity index (χ2n) is 10.5. The zero-order valence-electron chi connectivity index (χ0n) is 25.2. The first-order valence-corrected chi connectivity index (χ1v) is 15.7. The van der Waals surface area contributed by atoms with Crippen molar-refractivity contribution in [3.05, 3.63) is 125 Å². The molecule has 0 saturated heterocycles. The summed E-state index contributed by atoms with van der Waals surface area (Å²) in [4.78, 5) is 38.8. The molecule has 49 heavy (non-hydrogen) atoms. The smallest absolute Gasteiger partial charge is 0.442 e. The minimum atomic E-state index is -4.53.